The minimum absolute atomic E-state index is 0.312. The molecule has 2 aromatic carbocycles. The Hall–Kier alpha value is -1.87. The van der Waals surface area contributed by atoms with Crippen molar-refractivity contribution in [3.05, 3.63) is 65.0 Å². The highest BCUT2D eigenvalue weighted by Gasteiger charge is 2.09. The van der Waals surface area contributed by atoms with Crippen LogP contribution in [0.5, 0.6) is 5.75 Å². The first kappa shape index (κ1) is 14.5. The molecule has 0 aliphatic heterocycles. The van der Waals surface area contributed by atoms with Crippen molar-refractivity contribution >= 4 is 0 Å². The molecular weight excluding hydrogens is 253 g/mol. The Morgan fingerprint density at radius 3 is 2.70 bits per heavy atom. The van der Waals surface area contributed by atoms with Crippen molar-refractivity contribution in [2.24, 2.45) is 0 Å². The highest BCUT2D eigenvalue weighted by molar-refractivity contribution is 5.35. The standard InChI is InChI=1S/C17H20FNO/c1-3-19-11-15-8-5-9-16(18)17(15)20-12-14-7-4-6-13(2)10-14/h4-10,19H,3,11-12H2,1-2H3. The smallest absolute Gasteiger partial charge is 0.165 e. The van der Waals surface area contributed by atoms with Gasteiger partial charge in [-0.15, -0.1) is 0 Å². The summed E-state index contributed by atoms with van der Waals surface area (Å²) in [5.74, 6) is 0.0306. The van der Waals surface area contributed by atoms with E-state index in [1.807, 2.05) is 44.2 Å². The number of rotatable bonds is 6. The molecule has 0 amide bonds. The number of aryl methyl sites for hydroxylation is 1. The molecule has 0 atom stereocenters. The normalized spacial score (nSPS) is 10.6. The molecule has 20 heavy (non-hydrogen) atoms. The van der Waals surface area contributed by atoms with Crippen molar-refractivity contribution in [1.82, 2.24) is 5.32 Å². The number of benzene rings is 2. The molecule has 0 unspecified atom stereocenters. The highest BCUT2D eigenvalue weighted by atomic mass is 19.1. The van der Waals surface area contributed by atoms with Gasteiger partial charge in [0.05, 0.1) is 0 Å². The first-order valence-electron chi connectivity index (χ1n) is 6.87. The van der Waals surface area contributed by atoms with Gasteiger partial charge in [-0.3, -0.25) is 0 Å². The molecule has 3 heteroatoms. The number of halogens is 1. The van der Waals surface area contributed by atoms with Crippen LogP contribution in [0.2, 0.25) is 0 Å². The second-order valence-electron chi connectivity index (χ2n) is 4.79. The van der Waals surface area contributed by atoms with Crippen LogP contribution < -0.4 is 10.1 Å². The maximum absolute atomic E-state index is 13.9. The molecule has 0 aliphatic rings. The van der Waals surface area contributed by atoms with Crippen LogP contribution in [0.4, 0.5) is 4.39 Å². The molecule has 0 saturated carbocycles. The summed E-state index contributed by atoms with van der Waals surface area (Å²) in [6.45, 7) is 5.88. The van der Waals surface area contributed by atoms with E-state index >= 15 is 0 Å². The third-order valence-corrected chi connectivity index (χ3v) is 3.08. The fourth-order valence-corrected chi connectivity index (χ4v) is 2.07. The summed E-state index contributed by atoms with van der Waals surface area (Å²) >= 11 is 0. The van der Waals surface area contributed by atoms with Crippen molar-refractivity contribution in [2.45, 2.75) is 27.0 Å². The van der Waals surface area contributed by atoms with E-state index in [0.717, 1.165) is 17.7 Å². The molecule has 0 aromatic heterocycles. The molecule has 1 N–H and O–H groups in total. The first-order valence-corrected chi connectivity index (χ1v) is 6.87. The Morgan fingerprint density at radius 1 is 1.15 bits per heavy atom. The lowest BCUT2D eigenvalue weighted by atomic mass is 10.1. The second kappa shape index (κ2) is 7.06. The largest absolute Gasteiger partial charge is 0.485 e. The summed E-state index contributed by atoms with van der Waals surface area (Å²) in [7, 11) is 0. The zero-order valence-electron chi connectivity index (χ0n) is 11.9. The van der Waals surface area contributed by atoms with Gasteiger partial charge in [-0.2, -0.15) is 0 Å². The minimum Gasteiger partial charge on any atom is -0.485 e. The summed E-state index contributed by atoms with van der Waals surface area (Å²) in [6.07, 6.45) is 0. The third kappa shape index (κ3) is 3.81. The van der Waals surface area contributed by atoms with Crippen LogP contribution in [0.15, 0.2) is 42.5 Å². The summed E-state index contributed by atoms with van der Waals surface area (Å²) in [4.78, 5) is 0. The lowest BCUT2D eigenvalue weighted by Gasteiger charge is -2.13. The molecule has 0 spiro atoms. The summed E-state index contributed by atoms with van der Waals surface area (Å²) in [5.41, 5.74) is 3.06. The third-order valence-electron chi connectivity index (χ3n) is 3.08. The van der Waals surface area contributed by atoms with E-state index in [2.05, 4.69) is 5.32 Å². The number of hydrogen-bond donors (Lipinski definition) is 1. The van der Waals surface area contributed by atoms with Crippen molar-refractivity contribution in [2.75, 3.05) is 6.54 Å². The van der Waals surface area contributed by atoms with E-state index in [1.165, 1.54) is 11.6 Å². The van der Waals surface area contributed by atoms with Gasteiger partial charge in [0.25, 0.3) is 0 Å². The first-order chi connectivity index (χ1) is 9.70. The zero-order chi connectivity index (χ0) is 14.4. The monoisotopic (exact) mass is 273 g/mol. The fraction of sp³-hybridized carbons (Fsp3) is 0.294. The number of para-hydroxylation sites is 1. The molecular formula is C17H20FNO. The van der Waals surface area contributed by atoms with Gasteiger partial charge < -0.3 is 10.1 Å². The van der Waals surface area contributed by atoms with Crippen molar-refractivity contribution in [3.63, 3.8) is 0 Å². The predicted octanol–water partition coefficient (Wildman–Crippen LogP) is 3.82. The predicted molar refractivity (Wildman–Crippen MR) is 79.3 cm³/mol. The molecule has 2 aromatic rings. The molecule has 0 radical (unpaired) electrons. The van der Waals surface area contributed by atoms with Crippen LogP contribution in [-0.4, -0.2) is 6.54 Å². The van der Waals surface area contributed by atoms with Gasteiger partial charge >= 0.3 is 0 Å². The van der Waals surface area contributed by atoms with E-state index in [1.54, 1.807) is 6.07 Å². The molecule has 2 rings (SSSR count). The van der Waals surface area contributed by atoms with Crippen molar-refractivity contribution < 1.29 is 9.13 Å². The van der Waals surface area contributed by atoms with Crippen molar-refractivity contribution in [1.29, 1.82) is 0 Å². The number of nitrogens with one attached hydrogen (secondary N) is 1. The molecule has 0 aliphatic carbocycles. The van der Waals surface area contributed by atoms with Gasteiger partial charge in [0, 0.05) is 12.1 Å². The Bertz CT molecular complexity index is 569. The second-order valence-corrected chi connectivity index (χ2v) is 4.79. The highest BCUT2D eigenvalue weighted by Crippen LogP contribution is 2.23. The summed E-state index contributed by atoms with van der Waals surface area (Å²) < 4.78 is 19.6. The Morgan fingerprint density at radius 2 is 1.95 bits per heavy atom. The minimum atomic E-state index is -0.312. The molecule has 0 fully saturated rings. The Kier molecular flexibility index (Phi) is 5.13. The van der Waals surface area contributed by atoms with E-state index in [0.29, 0.717) is 18.9 Å². The van der Waals surface area contributed by atoms with E-state index in [4.69, 9.17) is 4.74 Å². The average molecular weight is 273 g/mol. The molecule has 2 nitrogen and oxygen atoms in total. The zero-order valence-corrected chi connectivity index (χ0v) is 11.9. The van der Waals surface area contributed by atoms with Crippen LogP contribution in [0.1, 0.15) is 23.6 Å². The SMILES string of the molecule is CCNCc1cccc(F)c1OCc1cccc(C)c1. The summed E-state index contributed by atoms with van der Waals surface area (Å²) in [5, 5.41) is 3.19. The lowest BCUT2D eigenvalue weighted by molar-refractivity contribution is 0.286. The van der Waals surface area contributed by atoms with Crippen LogP contribution in [0, 0.1) is 12.7 Å². The molecule has 106 valence electrons. The fourth-order valence-electron chi connectivity index (χ4n) is 2.07. The quantitative estimate of drug-likeness (QED) is 0.864. The van der Waals surface area contributed by atoms with Gasteiger partial charge in [0.2, 0.25) is 0 Å². The van der Waals surface area contributed by atoms with Gasteiger partial charge in [0.1, 0.15) is 6.61 Å². The van der Waals surface area contributed by atoms with Crippen LogP contribution >= 0.6 is 0 Å². The summed E-state index contributed by atoms with van der Waals surface area (Å²) in [6, 6.07) is 13.1. The van der Waals surface area contributed by atoms with E-state index in [-0.39, 0.29) is 5.82 Å². The molecule has 0 heterocycles. The molecule has 0 saturated heterocycles. The average Bonchev–Trinajstić information content (AvgIpc) is 2.44. The Balaban J connectivity index is 2.11. The number of ether oxygens (including phenoxy) is 1. The van der Waals surface area contributed by atoms with E-state index < -0.39 is 0 Å². The number of hydrogen-bond acceptors (Lipinski definition) is 2. The van der Waals surface area contributed by atoms with Gasteiger partial charge in [-0.25, -0.2) is 4.39 Å². The molecule has 0 bridgehead atoms. The van der Waals surface area contributed by atoms with Crippen LogP contribution in [0.25, 0.3) is 0 Å². The van der Waals surface area contributed by atoms with Crippen LogP contribution in [-0.2, 0) is 13.2 Å². The van der Waals surface area contributed by atoms with Gasteiger partial charge in [-0.05, 0) is 25.1 Å². The van der Waals surface area contributed by atoms with Gasteiger partial charge in [0.15, 0.2) is 11.6 Å². The van der Waals surface area contributed by atoms with E-state index in [9.17, 15) is 4.39 Å². The van der Waals surface area contributed by atoms with Crippen LogP contribution in [0.3, 0.4) is 0 Å². The topological polar surface area (TPSA) is 21.3 Å². The van der Waals surface area contributed by atoms with Gasteiger partial charge in [-0.1, -0.05) is 48.9 Å². The Labute approximate surface area is 119 Å². The maximum Gasteiger partial charge on any atom is 0.165 e. The van der Waals surface area contributed by atoms with Crippen molar-refractivity contribution in [3.8, 4) is 5.75 Å². The maximum atomic E-state index is 13.9. The lowest BCUT2D eigenvalue weighted by Crippen LogP contribution is -2.13.